The number of allylic oxidation sites excluding steroid dienone is 6. The fourth-order valence-electron chi connectivity index (χ4n) is 9.45. The highest BCUT2D eigenvalue weighted by Gasteiger charge is 2.48. The molecule has 0 aliphatic carbocycles. The number of methoxy groups -OCH3 is 1. The second-order valence-electron chi connectivity index (χ2n) is 19.1. The minimum absolute atomic E-state index is 0.00968. The molecule has 1 saturated heterocycles. The first kappa shape index (κ1) is 66.9. The van der Waals surface area contributed by atoms with E-state index in [1.54, 1.807) is 44.2 Å². The Morgan fingerprint density at radius 1 is 0.617 bits per heavy atom. The van der Waals surface area contributed by atoms with Crippen molar-refractivity contribution in [1.29, 1.82) is 0 Å². The second-order valence-corrected chi connectivity index (χ2v) is 24.9. The van der Waals surface area contributed by atoms with Crippen LogP contribution in [0.4, 0.5) is 11.4 Å². The van der Waals surface area contributed by atoms with Gasteiger partial charge in [0, 0.05) is 72.5 Å². The normalized spacial score (nSPS) is 19.3. The molecule has 5 rings (SSSR count). The monoisotopic (exact) mass is 1220 g/mol. The zero-order valence-electron chi connectivity index (χ0n) is 45.2. The molecule has 2 aromatic carbocycles. The van der Waals surface area contributed by atoms with Crippen molar-refractivity contribution in [2.45, 2.75) is 79.4 Å². The fraction of sp³-hybridized carbons (Fsp3) is 0.569. The molecule has 0 spiro atoms. The summed E-state index contributed by atoms with van der Waals surface area (Å²) in [5, 5.41) is 0.481. The van der Waals surface area contributed by atoms with Gasteiger partial charge in [0.1, 0.15) is 26.8 Å². The summed E-state index contributed by atoms with van der Waals surface area (Å²) in [5.74, 6) is -3.28. The van der Waals surface area contributed by atoms with Crippen LogP contribution < -0.4 is 4.90 Å². The van der Waals surface area contributed by atoms with Gasteiger partial charge in [0.25, 0.3) is 11.8 Å². The summed E-state index contributed by atoms with van der Waals surface area (Å²) in [5.41, 5.74) is 0.681. The van der Waals surface area contributed by atoms with E-state index in [0.29, 0.717) is 58.8 Å². The summed E-state index contributed by atoms with van der Waals surface area (Å²) in [6.45, 7) is 6.79. The van der Waals surface area contributed by atoms with E-state index in [2.05, 4.69) is 0 Å². The molecule has 3 aliphatic heterocycles. The molecule has 30 heteroatoms. The zero-order chi connectivity index (χ0) is 59.5. The lowest BCUT2D eigenvalue weighted by molar-refractivity contribution is -0.442. The molecule has 0 saturated carbocycles. The van der Waals surface area contributed by atoms with Gasteiger partial charge in [-0.15, -0.1) is 5.06 Å². The van der Waals surface area contributed by atoms with Gasteiger partial charge in [-0.2, -0.15) is 4.58 Å². The number of hydrogen-bond acceptors (Lipinski definition) is 24. The number of amides is 2. The predicted molar refractivity (Wildman–Crippen MR) is 283 cm³/mol. The van der Waals surface area contributed by atoms with E-state index in [4.69, 9.17) is 38.0 Å². The van der Waals surface area contributed by atoms with Crippen LogP contribution in [0.2, 0.25) is 0 Å². The number of imide groups is 1. The molecular formula is C51H68N3O23S4-3. The van der Waals surface area contributed by atoms with E-state index < -0.39 is 90.4 Å². The number of carbonyl (C=O) groups excluding carboxylic acids is 3. The standard InChI is InChI=1S/C51H71N3O23S4/c1-50(18-7-35-78(58,59)60)41-37-39(80(64,65)66)11-13-43(41)52(20-23-70-3)45(50)9-5-4-6-10-46-51(2,19-8-36-79(61,62)63)42-38-40(81(67,68)69)12-14-44(42)53(46)21-24-72-26-28-74-30-32-76-34-33-75-31-29-73-27-25-71-22-17-49(57)77-54-47(55)15-16-48(54)56/h4-6,9-14,37-38H,7-8,15-36H2,1-3H3,(H3-,58,59,60,61,62,63,64,65,66,67,68,69)/p-3. The van der Waals surface area contributed by atoms with E-state index >= 15 is 0 Å². The van der Waals surface area contributed by atoms with Crippen LogP contribution in [0.1, 0.15) is 69.9 Å². The molecule has 452 valence electrons. The number of rotatable bonds is 38. The Morgan fingerprint density at radius 3 is 1.60 bits per heavy atom. The predicted octanol–water partition coefficient (Wildman–Crippen LogP) is 2.02. The molecule has 2 aromatic rings. The van der Waals surface area contributed by atoms with E-state index in [1.165, 1.54) is 43.5 Å². The van der Waals surface area contributed by atoms with Crippen molar-refractivity contribution in [2.24, 2.45) is 0 Å². The van der Waals surface area contributed by atoms with Crippen molar-refractivity contribution in [3.05, 3.63) is 83.6 Å². The highest BCUT2D eigenvalue weighted by molar-refractivity contribution is 7.86. The van der Waals surface area contributed by atoms with Crippen LogP contribution in [-0.4, -0.2) is 203 Å². The number of anilines is 1. The lowest BCUT2D eigenvalue weighted by Crippen LogP contribution is -2.32. The molecule has 0 bridgehead atoms. The molecular weight excluding hydrogens is 1150 g/mol. The molecule has 3 heterocycles. The third-order valence-corrected chi connectivity index (χ3v) is 16.6. The maximum absolute atomic E-state index is 12.3. The number of hydrogen-bond donors (Lipinski definition) is 0. The number of fused-ring (bicyclic) bond motifs is 2. The first-order valence-electron chi connectivity index (χ1n) is 25.8. The van der Waals surface area contributed by atoms with Crippen molar-refractivity contribution in [3.8, 4) is 0 Å². The summed E-state index contributed by atoms with van der Waals surface area (Å²) in [6.07, 6.45) is 8.15. The van der Waals surface area contributed by atoms with Gasteiger partial charge in [-0.1, -0.05) is 18.2 Å². The minimum atomic E-state index is -4.95. The van der Waals surface area contributed by atoms with E-state index in [9.17, 15) is 66.3 Å². The van der Waals surface area contributed by atoms with Gasteiger partial charge in [-0.3, -0.25) is 9.59 Å². The Kier molecular flexibility index (Phi) is 25.3. The third-order valence-electron chi connectivity index (χ3n) is 13.4. The fourth-order valence-corrected chi connectivity index (χ4v) is 11.4. The summed E-state index contributed by atoms with van der Waals surface area (Å²) in [7, 11) is -17.6. The van der Waals surface area contributed by atoms with Crippen LogP contribution >= 0.6 is 0 Å². The lowest BCUT2D eigenvalue weighted by atomic mass is 9.76. The molecule has 0 radical (unpaired) electrons. The molecule has 2 amide bonds. The molecule has 1 fully saturated rings. The Labute approximate surface area is 472 Å². The largest absolute Gasteiger partial charge is 0.748 e. The smallest absolute Gasteiger partial charge is 0.335 e. The zero-order valence-corrected chi connectivity index (χ0v) is 48.5. The Bertz CT molecular complexity index is 3090. The maximum Gasteiger partial charge on any atom is 0.335 e. The summed E-state index contributed by atoms with van der Waals surface area (Å²) >= 11 is 0. The van der Waals surface area contributed by atoms with Gasteiger partial charge in [-0.05, 0) is 81.5 Å². The highest BCUT2D eigenvalue weighted by Crippen LogP contribution is 2.51. The maximum atomic E-state index is 12.3. The van der Waals surface area contributed by atoms with Crippen molar-refractivity contribution in [2.75, 3.05) is 122 Å². The topological polar surface area (TPSA) is 363 Å². The summed E-state index contributed by atoms with van der Waals surface area (Å²) < 4.78 is 184. The number of hydroxylamine groups is 2. The summed E-state index contributed by atoms with van der Waals surface area (Å²) in [4.78, 5) is 40.4. The van der Waals surface area contributed by atoms with Crippen molar-refractivity contribution < 1.29 is 109 Å². The average molecular weight is 1220 g/mol. The van der Waals surface area contributed by atoms with Crippen LogP contribution in [0.3, 0.4) is 0 Å². The SMILES string of the molecule is COCCN1/C(=C/C=C/C=C/C2=[N+](CCOCCOCCOCCOCCOCCOCCC(=O)ON3C(=O)CCC3=O)c3ccc(S(=O)(=O)[O-])cc3C2(C)CCCS(=O)(=O)[O-])C(C)(CCCS(=O)(=O)[O-])c2cc(S(=O)(=O)[O-])ccc21. The van der Waals surface area contributed by atoms with Crippen LogP contribution in [0.25, 0.3) is 0 Å². The van der Waals surface area contributed by atoms with Crippen LogP contribution in [-0.2, 0) is 104 Å². The van der Waals surface area contributed by atoms with Gasteiger partial charge in [0.2, 0.25) is 5.69 Å². The van der Waals surface area contributed by atoms with E-state index in [0.717, 1.165) is 0 Å². The average Bonchev–Trinajstić information content (AvgIpc) is 4.12. The van der Waals surface area contributed by atoms with E-state index in [-0.39, 0.29) is 124 Å². The quantitative estimate of drug-likeness (QED) is 0.0305. The first-order chi connectivity index (χ1) is 38.2. The molecule has 0 N–H and O–H groups in total. The van der Waals surface area contributed by atoms with Gasteiger partial charge in [-0.25, -0.2) is 38.5 Å². The van der Waals surface area contributed by atoms with Gasteiger partial charge in [0.05, 0.1) is 121 Å². The molecule has 2 unspecified atom stereocenters. The number of carbonyl (C=O) groups is 3. The molecule has 2 atom stereocenters. The Hall–Kier alpha value is -4.90. The second kappa shape index (κ2) is 30.6. The van der Waals surface area contributed by atoms with Crippen LogP contribution in [0, 0.1) is 0 Å². The minimum Gasteiger partial charge on any atom is -0.748 e. The molecule has 26 nitrogen and oxygen atoms in total. The molecule has 81 heavy (non-hydrogen) atoms. The highest BCUT2D eigenvalue weighted by atomic mass is 32.2. The van der Waals surface area contributed by atoms with Crippen molar-refractivity contribution in [1.82, 2.24) is 5.06 Å². The van der Waals surface area contributed by atoms with Crippen LogP contribution in [0.15, 0.2) is 82.3 Å². The Balaban J connectivity index is 1.18. The van der Waals surface area contributed by atoms with Gasteiger partial charge >= 0.3 is 5.97 Å². The number of nitrogens with zero attached hydrogens (tertiary/aromatic N) is 3. The van der Waals surface area contributed by atoms with Crippen molar-refractivity contribution >= 4 is 75.3 Å². The van der Waals surface area contributed by atoms with Crippen molar-refractivity contribution in [3.63, 3.8) is 0 Å². The Morgan fingerprint density at radius 2 is 1.10 bits per heavy atom. The van der Waals surface area contributed by atoms with Gasteiger partial charge < -0.3 is 61.1 Å². The summed E-state index contributed by atoms with van der Waals surface area (Å²) in [6, 6.07) is 7.79. The number of ether oxygens (including phenoxy) is 7. The number of benzene rings is 2. The van der Waals surface area contributed by atoms with Gasteiger partial charge in [0.15, 0.2) is 12.3 Å². The molecule has 0 aromatic heterocycles. The van der Waals surface area contributed by atoms with Crippen LogP contribution in [0.5, 0.6) is 0 Å². The van der Waals surface area contributed by atoms with E-state index in [1.807, 2.05) is 9.48 Å². The molecule has 3 aliphatic rings. The lowest BCUT2D eigenvalue weighted by Gasteiger charge is -2.30. The first-order valence-corrected chi connectivity index (χ1v) is 31.7. The third kappa shape index (κ3) is 20.2.